The van der Waals surface area contributed by atoms with Crippen LogP contribution in [0.25, 0.3) is 0 Å². The van der Waals surface area contributed by atoms with Crippen molar-refractivity contribution >= 4 is 58.4 Å². The standard InChI is InChI=1S/C25H29Cl3N2O2S/c1-17(25(32)29-19-6-3-2-4-7-19)30(16-21-22(27)8-5-9-23(21)28)24(31)14-15-33-20-12-10-18(26)11-13-20/h5,8-13,17,19H,2-4,6-7,14-16H2,1H3,(H,29,32)/t17-/m1/s1. The van der Waals surface area contributed by atoms with Gasteiger partial charge in [-0.2, -0.15) is 0 Å². The Morgan fingerprint density at radius 1 is 1.03 bits per heavy atom. The molecule has 178 valence electrons. The Kier molecular flexibility index (Phi) is 10.2. The fourth-order valence-corrected chi connectivity index (χ4v) is 5.42. The minimum absolute atomic E-state index is 0.112. The summed E-state index contributed by atoms with van der Waals surface area (Å²) in [6, 6.07) is 12.3. The van der Waals surface area contributed by atoms with Crippen molar-refractivity contribution in [2.45, 2.75) is 69.0 Å². The smallest absolute Gasteiger partial charge is 0.242 e. The molecule has 0 bridgehead atoms. The van der Waals surface area contributed by atoms with Gasteiger partial charge < -0.3 is 10.2 Å². The molecule has 1 saturated carbocycles. The van der Waals surface area contributed by atoms with Crippen LogP contribution in [0.4, 0.5) is 0 Å². The van der Waals surface area contributed by atoms with Crippen LogP contribution in [0.3, 0.4) is 0 Å². The van der Waals surface area contributed by atoms with Crippen molar-refractivity contribution in [3.8, 4) is 0 Å². The van der Waals surface area contributed by atoms with E-state index in [1.54, 1.807) is 41.8 Å². The zero-order chi connectivity index (χ0) is 23.8. The fourth-order valence-electron chi connectivity index (χ4n) is 3.94. The lowest BCUT2D eigenvalue weighted by Crippen LogP contribution is -2.50. The van der Waals surface area contributed by atoms with Crippen molar-refractivity contribution < 1.29 is 9.59 Å². The maximum atomic E-state index is 13.3. The molecule has 0 unspecified atom stereocenters. The molecule has 1 aliphatic rings. The van der Waals surface area contributed by atoms with Crippen LogP contribution < -0.4 is 5.32 Å². The molecule has 0 radical (unpaired) electrons. The Hall–Kier alpha value is -1.40. The number of benzene rings is 2. The largest absolute Gasteiger partial charge is 0.352 e. The molecule has 0 aromatic heterocycles. The third-order valence-corrected chi connectivity index (χ3v) is 7.88. The minimum atomic E-state index is -0.632. The maximum Gasteiger partial charge on any atom is 0.242 e. The van der Waals surface area contributed by atoms with E-state index < -0.39 is 6.04 Å². The summed E-state index contributed by atoms with van der Waals surface area (Å²) in [5.74, 6) is 0.340. The molecule has 2 aromatic rings. The molecule has 4 nitrogen and oxygen atoms in total. The molecule has 3 rings (SSSR count). The Morgan fingerprint density at radius 2 is 1.67 bits per heavy atom. The van der Waals surface area contributed by atoms with Gasteiger partial charge in [-0.1, -0.05) is 60.1 Å². The quantitative estimate of drug-likeness (QED) is 0.357. The number of rotatable bonds is 9. The van der Waals surface area contributed by atoms with Crippen molar-refractivity contribution in [3.63, 3.8) is 0 Å². The van der Waals surface area contributed by atoms with E-state index in [9.17, 15) is 9.59 Å². The molecule has 33 heavy (non-hydrogen) atoms. The number of nitrogens with zero attached hydrogens (tertiary/aromatic N) is 1. The van der Waals surface area contributed by atoms with Gasteiger partial charge in [-0.05, 0) is 56.2 Å². The molecular weight excluding hydrogens is 499 g/mol. The van der Waals surface area contributed by atoms with E-state index in [0.717, 1.165) is 30.6 Å². The van der Waals surface area contributed by atoms with E-state index in [-0.39, 0.29) is 30.8 Å². The van der Waals surface area contributed by atoms with Crippen LogP contribution in [-0.2, 0) is 16.1 Å². The van der Waals surface area contributed by atoms with Crippen LogP contribution in [0.5, 0.6) is 0 Å². The number of halogens is 3. The van der Waals surface area contributed by atoms with Crippen LogP contribution in [-0.4, -0.2) is 34.6 Å². The summed E-state index contributed by atoms with van der Waals surface area (Å²) >= 11 is 20.3. The van der Waals surface area contributed by atoms with Crippen molar-refractivity contribution in [2.24, 2.45) is 0 Å². The van der Waals surface area contributed by atoms with Gasteiger partial charge in [0.1, 0.15) is 6.04 Å². The average Bonchev–Trinajstić information content (AvgIpc) is 2.80. The van der Waals surface area contributed by atoms with Crippen molar-refractivity contribution in [3.05, 3.63) is 63.1 Å². The molecule has 0 saturated heterocycles. The lowest BCUT2D eigenvalue weighted by Gasteiger charge is -2.31. The van der Waals surface area contributed by atoms with Gasteiger partial charge in [-0.3, -0.25) is 9.59 Å². The van der Waals surface area contributed by atoms with Gasteiger partial charge in [0, 0.05) is 50.3 Å². The number of amides is 2. The average molecular weight is 528 g/mol. The molecule has 8 heteroatoms. The zero-order valence-electron chi connectivity index (χ0n) is 18.7. The number of nitrogens with one attached hydrogen (secondary N) is 1. The molecule has 2 aromatic carbocycles. The SMILES string of the molecule is C[C@H](C(=O)NC1CCCCC1)N(Cc1c(Cl)cccc1Cl)C(=O)CCSc1ccc(Cl)cc1. The topological polar surface area (TPSA) is 49.4 Å². The van der Waals surface area contributed by atoms with Crippen molar-refractivity contribution in [2.75, 3.05) is 5.75 Å². The first-order valence-corrected chi connectivity index (χ1v) is 13.4. The highest BCUT2D eigenvalue weighted by Crippen LogP contribution is 2.28. The van der Waals surface area contributed by atoms with E-state index in [1.807, 2.05) is 24.3 Å². The number of hydrogen-bond donors (Lipinski definition) is 1. The minimum Gasteiger partial charge on any atom is -0.352 e. The highest BCUT2D eigenvalue weighted by Gasteiger charge is 2.29. The number of carbonyl (C=O) groups is 2. The van der Waals surface area contributed by atoms with Gasteiger partial charge in [-0.25, -0.2) is 0 Å². The van der Waals surface area contributed by atoms with Crippen LogP contribution in [0.1, 0.15) is 51.0 Å². The van der Waals surface area contributed by atoms with E-state index in [2.05, 4.69) is 5.32 Å². The third-order valence-electron chi connectivity index (χ3n) is 5.91. The molecule has 1 fully saturated rings. The van der Waals surface area contributed by atoms with Crippen molar-refractivity contribution in [1.82, 2.24) is 10.2 Å². The monoisotopic (exact) mass is 526 g/mol. The first-order valence-electron chi connectivity index (χ1n) is 11.3. The van der Waals surface area contributed by atoms with Gasteiger partial charge >= 0.3 is 0 Å². The van der Waals surface area contributed by atoms with E-state index in [4.69, 9.17) is 34.8 Å². The first kappa shape index (κ1) is 26.2. The lowest BCUT2D eigenvalue weighted by atomic mass is 9.95. The summed E-state index contributed by atoms with van der Waals surface area (Å²) in [7, 11) is 0. The second-order valence-corrected chi connectivity index (χ2v) is 10.7. The molecule has 1 atom stereocenters. The Morgan fingerprint density at radius 3 is 2.30 bits per heavy atom. The van der Waals surface area contributed by atoms with Gasteiger partial charge in [0.05, 0.1) is 0 Å². The summed E-state index contributed by atoms with van der Waals surface area (Å²) in [5.41, 5.74) is 0.650. The predicted molar refractivity (Wildman–Crippen MR) is 138 cm³/mol. The van der Waals surface area contributed by atoms with Gasteiger partial charge in [0.2, 0.25) is 11.8 Å². The van der Waals surface area contributed by atoms with Gasteiger partial charge in [0.25, 0.3) is 0 Å². The Labute approximate surface area is 215 Å². The van der Waals surface area contributed by atoms with Crippen LogP contribution >= 0.6 is 46.6 Å². The highest BCUT2D eigenvalue weighted by molar-refractivity contribution is 7.99. The molecule has 0 heterocycles. The molecule has 2 amide bonds. The molecule has 0 spiro atoms. The zero-order valence-corrected chi connectivity index (χ0v) is 21.7. The summed E-state index contributed by atoms with van der Waals surface area (Å²) in [6.45, 7) is 1.95. The predicted octanol–water partition coefficient (Wildman–Crippen LogP) is 7.00. The number of thioether (sulfide) groups is 1. The second-order valence-electron chi connectivity index (χ2n) is 8.29. The summed E-state index contributed by atoms with van der Waals surface area (Å²) < 4.78 is 0. The Bertz CT molecular complexity index is 929. The molecular formula is C25H29Cl3N2O2S. The molecule has 1 aliphatic carbocycles. The lowest BCUT2D eigenvalue weighted by molar-refractivity contribution is -0.140. The van der Waals surface area contributed by atoms with Crippen LogP contribution in [0, 0.1) is 0 Å². The first-order chi connectivity index (χ1) is 15.8. The molecule has 0 aliphatic heterocycles. The van der Waals surface area contributed by atoms with E-state index in [1.165, 1.54) is 6.42 Å². The summed E-state index contributed by atoms with van der Waals surface area (Å²) in [6.07, 6.45) is 5.72. The van der Waals surface area contributed by atoms with Crippen LogP contribution in [0.15, 0.2) is 47.4 Å². The van der Waals surface area contributed by atoms with Gasteiger partial charge in [0.15, 0.2) is 0 Å². The Balaban J connectivity index is 1.69. The summed E-state index contributed by atoms with van der Waals surface area (Å²) in [5, 5.41) is 4.78. The molecule has 1 N–H and O–H groups in total. The summed E-state index contributed by atoms with van der Waals surface area (Å²) in [4.78, 5) is 29.0. The van der Waals surface area contributed by atoms with Crippen molar-refractivity contribution in [1.29, 1.82) is 0 Å². The number of hydrogen-bond acceptors (Lipinski definition) is 3. The van der Waals surface area contributed by atoms with E-state index >= 15 is 0 Å². The normalized spacial score (nSPS) is 15.2. The van der Waals surface area contributed by atoms with Gasteiger partial charge in [-0.15, -0.1) is 11.8 Å². The maximum absolute atomic E-state index is 13.3. The van der Waals surface area contributed by atoms with Crippen LogP contribution in [0.2, 0.25) is 15.1 Å². The highest BCUT2D eigenvalue weighted by atomic mass is 35.5. The fraction of sp³-hybridized carbons (Fsp3) is 0.440. The second kappa shape index (κ2) is 12.9. The van der Waals surface area contributed by atoms with E-state index in [0.29, 0.717) is 26.4 Å². The third kappa shape index (κ3) is 7.81. The number of carbonyl (C=O) groups excluding carboxylic acids is 2.